The number of aryl methyl sites for hydroxylation is 1. The molecule has 0 bridgehead atoms. The third-order valence-corrected chi connectivity index (χ3v) is 12.6. The van der Waals surface area contributed by atoms with E-state index in [0.29, 0.717) is 6.04 Å². The molecule has 38 heavy (non-hydrogen) atoms. The largest absolute Gasteiger partial charge is 0.497 e. The average molecular weight is 540 g/mol. The van der Waals surface area contributed by atoms with Crippen molar-refractivity contribution in [1.29, 1.82) is 0 Å². The second kappa shape index (κ2) is 13.0. The lowest BCUT2D eigenvalue weighted by atomic mass is 10.0. The van der Waals surface area contributed by atoms with Crippen molar-refractivity contribution in [2.75, 3.05) is 41.0 Å². The van der Waals surface area contributed by atoms with Gasteiger partial charge in [0.2, 0.25) is 0 Å². The van der Waals surface area contributed by atoms with Crippen molar-refractivity contribution in [2.24, 2.45) is 0 Å². The molecule has 1 aliphatic carbocycles. The third kappa shape index (κ3) is 7.71. The number of hydrogen-bond donors (Lipinski definition) is 0. The van der Waals surface area contributed by atoms with Gasteiger partial charge in [-0.2, -0.15) is 0 Å². The summed E-state index contributed by atoms with van der Waals surface area (Å²) in [5.41, 5.74) is 4.93. The molecule has 0 aliphatic heterocycles. The maximum atomic E-state index is 11.5. The predicted octanol–water partition coefficient (Wildman–Crippen LogP) is 6.44. The summed E-state index contributed by atoms with van der Waals surface area (Å²) in [6.45, 7) is 14.0. The monoisotopic (exact) mass is 539 g/mol. The molecule has 0 radical (unpaired) electrons. The first kappa shape index (κ1) is 29.9. The SMILES string of the molecule is COC(=O)C=Cc1ccc2c(c1)CCC2N(CCO[Si](C)(C)C(C)(C)C)CCc1cc(OC)cc(OC)c1. The minimum absolute atomic E-state index is 0.184. The molecular weight excluding hydrogens is 494 g/mol. The van der Waals surface area contributed by atoms with Gasteiger partial charge >= 0.3 is 5.97 Å². The minimum atomic E-state index is -1.83. The fourth-order valence-corrected chi connectivity index (χ4v) is 5.71. The van der Waals surface area contributed by atoms with E-state index in [0.717, 1.165) is 56.0 Å². The molecule has 0 saturated carbocycles. The van der Waals surface area contributed by atoms with E-state index in [1.54, 1.807) is 14.2 Å². The fraction of sp³-hybridized carbons (Fsp3) is 0.516. The fourth-order valence-electron chi connectivity index (χ4n) is 4.67. The Bertz CT molecular complexity index is 1100. The van der Waals surface area contributed by atoms with Crippen LogP contribution in [0.2, 0.25) is 18.1 Å². The molecule has 1 atom stereocenters. The van der Waals surface area contributed by atoms with Crippen molar-refractivity contribution in [1.82, 2.24) is 4.90 Å². The Hall–Kier alpha value is -2.61. The number of ether oxygens (including phenoxy) is 3. The van der Waals surface area contributed by atoms with Crippen LogP contribution in [0.25, 0.3) is 6.08 Å². The van der Waals surface area contributed by atoms with Gasteiger partial charge in [0.25, 0.3) is 0 Å². The van der Waals surface area contributed by atoms with Gasteiger partial charge in [-0.25, -0.2) is 4.79 Å². The van der Waals surface area contributed by atoms with Gasteiger partial charge < -0.3 is 18.6 Å². The molecule has 0 fully saturated rings. The summed E-state index contributed by atoms with van der Waals surface area (Å²) < 4.78 is 22.3. The highest BCUT2D eigenvalue weighted by Crippen LogP contribution is 2.38. The molecule has 7 heteroatoms. The summed E-state index contributed by atoms with van der Waals surface area (Å²) in [5.74, 6) is 1.28. The molecule has 0 N–H and O–H groups in total. The van der Waals surface area contributed by atoms with Gasteiger partial charge in [0.15, 0.2) is 8.32 Å². The lowest BCUT2D eigenvalue weighted by Gasteiger charge is -2.37. The molecule has 3 rings (SSSR count). The lowest BCUT2D eigenvalue weighted by molar-refractivity contribution is -0.134. The van der Waals surface area contributed by atoms with E-state index in [1.165, 1.54) is 29.9 Å². The van der Waals surface area contributed by atoms with Gasteiger partial charge in [-0.3, -0.25) is 4.90 Å². The van der Waals surface area contributed by atoms with E-state index in [2.05, 4.69) is 69.1 Å². The molecule has 0 saturated heterocycles. The number of hydrogen-bond acceptors (Lipinski definition) is 6. The second-order valence-corrected chi connectivity index (χ2v) is 16.3. The van der Waals surface area contributed by atoms with Crippen LogP contribution in [-0.4, -0.2) is 60.2 Å². The quantitative estimate of drug-likeness (QED) is 0.176. The van der Waals surface area contributed by atoms with Gasteiger partial charge in [-0.05, 0) is 77.9 Å². The van der Waals surface area contributed by atoms with E-state index < -0.39 is 8.32 Å². The summed E-state index contributed by atoms with van der Waals surface area (Å²) in [6.07, 6.45) is 6.27. The van der Waals surface area contributed by atoms with Crippen LogP contribution in [0.15, 0.2) is 42.5 Å². The highest BCUT2D eigenvalue weighted by Gasteiger charge is 2.37. The average Bonchev–Trinajstić information content (AvgIpc) is 3.31. The number of methoxy groups -OCH3 is 3. The third-order valence-electron chi connectivity index (χ3n) is 8.01. The Labute approximate surface area is 230 Å². The maximum absolute atomic E-state index is 11.5. The molecule has 2 aromatic carbocycles. The predicted molar refractivity (Wildman–Crippen MR) is 157 cm³/mol. The summed E-state index contributed by atoms with van der Waals surface area (Å²) in [6, 6.07) is 12.9. The van der Waals surface area contributed by atoms with Gasteiger partial charge in [0.05, 0.1) is 21.3 Å². The number of carbonyl (C=O) groups excluding carboxylic acids is 1. The Balaban J connectivity index is 1.80. The molecule has 0 amide bonds. The number of benzene rings is 2. The molecule has 208 valence electrons. The molecule has 2 aromatic rings. The van der Waals surface area contributed by atoms with Crippen molar-refractivity contribution < 1.29 is 23.4 Å². The Morgan fingerprint density at radius 3 is 2.32 bits per heavy atom. The molecular formula is C31H45NO5Si. The van der Waals surface area contributed by atoms with E-state index >= 15 is 0 Å². The molecule has 6 nitrogen and oxygen atoms in total. The van der Waals surface area contributed by atoms with Crippen LogP contribution in [0.5, 0.6) is 11.5 Å². The maximum Gasteiger partial charge on any atom is 0.330 e. The molecule has 1 unspecified atom stereocenters. The zero-order valence-corrected chi connectivity index (χ0v) is 25.4. The Morgan fingerprint density at radius 1 is 1.03 bits per heavy atom. The van der Waals surface area contributed by atoms with Gasteiger partial charge in [0.1, 0.15) is 11.5 Å². The summed E-state index contributed by atoms with van der Waals surface area (Å²) >= 11 is 0. The topological polar surface area (TPSA) is 57.2 Å². The molecule has 0 heterocycles. The van der Waals surface area contributed by atoms with Crippen LogP contribution >= 0.6 is 0 Å². The Kier molecular flexibility index (Phi) is 10.2. The zero-order valence-electron chi connectivity index (χ0n) is 24.4. The summed E-state index contributed by atoms with van der Waals surface area (Å²) in [4.78, 5) is 14.1. The van der Waals surface area contributed by atoms with E-state index in [-0.39, 0.29) is 11.0 Å². The minimum Gasteiger partial charge on any atom is -0.497 e. The smallest absolute Gasteiger partial charge is 0.330 e. The van der Waals surface area contributed by atoms with Gasteiger partial charge in [0, 0.05) is 37.9 Å². The number of rotatable bonds is 12. The number of carbonyl (C=O) groups is 1. The van der Waals surface area contributed by atoms with E-state index in [1.807, 2.05) is 12.1 Å². The first-order valence-corrected chi connectivity index (χ1v) is 16.4. The van der Waals surface area contributed by atoms with E-state index in [4.69, 9.17) is 18.6 Å². The Morgan fingerprint density at radius 2 is 1.71 bits per heavy atom. The van der Waals surface area contributed by atoms with Crippen molar-refractivity contribution >= 4 is 20.4 Å². The molecule has 0 spiro atoms. The van der Waals surface area contributed by atoms with Crippen molar-refractivity contribution in [3.05, 3.63) is 64.7 Å². The number of fused-ring (bicyclic) bond motifs is 1. The van der Waals surface area contributed by atoms with Crippen molar-refractivity contribution in [3.63, 3.8) is 0 Å². The van der Waals surface area contributed by atoms with Crippen LogP contribution in [0.4, 0.5) is 0 Å². The number of esters is 1. The van der Waals surface area contributed by atoms with Crippen molar-refractivity contribution in [3.8, 4) is 11.5 Å². The van der Waals surface area contributed by atoms with Crippen LogP contribution in [0.3, 0.4) is 0 Å². The van der Waals surface area contributed by atoms with Crippen LogP contribution < -0.4 is 9.47 Å². The normalized spacial score (nSPS) is 15.7. The van der Waals surface area contributed by atoms with Crippen LogP contribution in [0, 0.1) is 0 Å². The second-order valence-electron chi connectivity index (χ2n) is 11.5. The molecule has 1 aliphatic rings. The van der Waals surface area contributed by atoms with Crippen molar-refractivity contribution in [2.45, 2.75) is 64.2 Å². The summed E-state index contributed by atoms with van der Waals surface area (Å²) in [5, 5.41) is 0.184. The van der Waals surface area contributed by atoms with Crippen LogP contribution in [0.1, 0.15) is 55.5 Å². The molecule has 0 aromatic heterocycles. The lowest BCUT2D eigenvalue weighted by Crippen LogP contribution is -2.43. The van der Waals surface area contributed by atoms with Gasteiger partial charge in [-0.15, -0.1) is 0 Å². The van der Waals surface area contributed by atoms with Crippen LogP contribution in [-0.2, 0) is 26.8 Å². The van der Waals surface area contributed by atoms with E-state index in [9.17, 15) is 4.79 Å². The first-order valence-electron chi connectivity index (χ1n) is 13.5. The first-order chi connectivity index (χ1) is 18.0. The summed E-state index contributed by atoms with van der Waals surface area (Å²) in [7, 11) is 2.94. The zero-order chi connectivity index (χ0) is 27.9. The highest BCUT2D eigenvalue weighted by atomic mass is 28.4. The standard InChI is InChI=1S/C31H45NO5Si/c1-31(2,3)38(7,8)37-18-17-32(16-15-24-20-26(34-4)22-27(21-24)35-5)29-13-11-25-19-23(9-12-28(25)29)10-14-30(33)36-6/h9-10,12,14,19-22,29H,11,13,15-18H2,1-8H3. The number of nitrogens with zero attached hydrogens (tertiary/aromatic N) is 1. The highest BCUT2D eigenvalue weighted by molar-refractivity contribution is 6.74. The van der Waals surface area contributed by atoms with Gasteiger partial charge in [-0.1, -0.05) is 39.0 Å².